The molecule has 3 nitrogen and oxygen atoms in total. The summed E-state index contributed by atoms with van der Waals surface area (Å²) in [7, 11) is 0. The van der Waals surface area contributed by atoms with Gasteiger partial charge in [-0.25, -0.2) is 4.98 Å². The number of benzene rings is 1. The normalized spacial score (nSPS) is 21.7. The number of fused-ring (bicyclic) bond motifs is 2. The number of hydrogen-bond donors (Lipinski definition) is 1. The van der Waals surface area contributed by atoms with Crippen LogP contribution in [0.15, 0.2) is 30.5 Å². The fourth-order valence-electron chi connectivity index (χ4n) is 4.20. The Hall–Kier alpha value is -2.37. The molecule has 0 radical (unpaired) electrons. The van der Waals surface area contributed by atoms with Gasteiger partial charge < -0.3 is 5.32 Å². The Morgan fingerprint density at radius 2 is 1.76 bits per heavy atom. The van der Waals surface area contributed by atoms with Gasteiger partial charge in [-0.1, -0.05) is 6.07 Å². The molecule has 0 atom stereocenters. The first kappa shape index (κ1) is 16.1. The van der Waals surface area contributed by atoms with Crippen molar-refractivity contribution in [1.29, 1.82) is 0 Å². The summed E-state index contributed by atoms with van der Waals surface area (Å²) >= 11 is 0. The molecule has 0 spiro atoms. The maximum Gasteiger partial charge on any atom is 0.416 e. The molecule has 0 amide bonds. The first-order valence-electron chi connectivity index (χ1n) is 8.39. The van der Waals surface area contributed by atoms with Crippen molar-refractivity contribution in [3.8, 4) is 0 Å². The SMILES string of the molecule is O=Cc1cnc(Nc2cccc(C(F)(F)F)c2)c2c1C1CCC2CC1. The van der Waals surface area contributed by atoms with Crippen LogP contribution in [0.1, 0.15) is 64.6 Å². The molecular formula is C19H17F3N2O. The van der Waals surface area contributed by atoms with Gasteiger partial charge in [0.1, 0.15) is 5.82 Å². The van der Waals surface area contributed by atoms with Crippen molar-refractivity contribution in [2.75, 3.05) is 5.32 Å². The quantitative estimate of drug-likeness (QED) is 0.756. The number of aldehydes is 1. The molecule has 2 aromatic rings. The van der Waals surface area contributed by atoms with E-state index in [4.69, 9.17) is 0 Å². The van der Waals surface area contributed by atoms with Crippen LogP contribution in [-0.2, 0) is 6.18 Å². The summed E-state index contributed by atoms with van der Waals surface area (Å²) in [5.74, 6) is 1.25. The third-order valence-corrected chi connectivity index (χ3v) is 5.31. The molecule has 3 aliphatic carbocycles. The lowest BCUT2D eigenvalue weighted by Crippen LogP contribution is -2.25. The molecule has 25 heavy (non-hydrogen) atoms. The average molecular weight is 346 g/mol. The number of anilines is 2. The number of halogens is 3. The highest BCUT2D eigenvalue weighted by Crippen LogP contribution is 2.52. The van der Waals surface area contributed by atoms with Crippen LogP contribution in [0.5, 0.6) is 0 Å². The van der Waals surface area contributed by atoms with Gasteiger partial charge in [-0.15, -0.1) is 0 Å². The average Bonchev–Trinajstić information content (AvgIpc) is 2.62. The van der Waals surface area contributed by atoms with Crippen LogP contribution in [0, 0.1) is 0 Å². The Morgan fingerprint density at radius 1 is 1.08 bits per heavy atom. The van der Waals surface area contributed by atoms with Crippen molar-refractivity contribution in [2.24, 2.45) is 0 Å². The fourth-order valence-corrected chi connectivity index (χ4v) is 4.20. The van der Waals surface area contributed by atoms with Gasteiger partial charge in [-0.05, 0) is 61.3 Å². The first-order chi connectivity index (χ1) is 12.0. The second-order valence-electron chi connectivity index (χ2n) is 6.76. The minimum Gasteiger partial charge on any atom is -0.340 e. The Balaban J connectivity index is 1.76. The number of carbonyl (C=O) groups excluding carboxylic acids is 1. The van der Waals surface area contributed by atoms with Crippen molar-refractivity contribution < 1.29 is 18.0 Å². The number of alkyl halides is 3. The number of hydrogen-bond acceptors (Lipinski definition) is 3. The number of rotatable bonds is 3. The maximum absolute atomic E-state index is 12.9. The molecule has 0 unspecified atom stereocenters. The highest BCUT2D eigenvalue weighted by atomic mass is 19.4. The number of nitrogens with zero attached hydrogens (tertiary/aromatic N) is 1. The zero-order valence-corrected chi connectivity index (χ0v) is 13.4. The Kier molecular flexibility index (Phi) is 3.78. The molecule has 6 heteroatoms. The maximum atomic E-state index is 12.9. The van der Waals surface area contributed by atoms with E-state index in [0.717, 1.165) is 55.2 Å². The van der Waals surface area contributed by atoms with Crippen molar-refractivity contribution in [3.63, 3.8) is 0 Å². The van der Waals surface area contributed by atoms with Crippen LogP contribution in [-0.4, -0.2) is 11.3 Å². The second-order valence-corrected chi connectivity index (χ2v) is 6.76. The van der Waals surface area contributed by atoms with E-state index in [2.05, 4.69) is 10.3 Å². The topological polar surface area (TPSA) is 42.0 Å². The minimum atomic E-state index is -4.38. The van der Waals surface area contributed by atoms with Gasteiger partial charge in [0.2, 0.25) is 0 Å². The number of carbonyl (C=O) groups is 1. The highest BCUT2D eigenvalue weighted by Gasteiger charge is 2.37. The summed E-state index contributed by atoms with van der Waals surface area (Å²) in [4.78, 5) is 15.7. The summed E-state index contributed by atoms with van der Waals surface area (Å²) in [6.45, 7) is 0. The second kappa shape index (κ2) is 5.86. The summed E-state index contributed by atoms with van der Waals surface area (Å²) in [6.07, 6.45) is 2.18. The molecule has 0 aliphatic heterocycles. The van der Waals surface area contributed by atoms with Gasteiger partial charge in [-0.2, -0.15) is 13.2 Å². The monoisotopic (exact) mass is 346 g/mol. The summed E-state index contributed by atoms with van der Waals surface area (Å²) in [6, 6.07) is 5.11. The van der Waals surface area contributed by atoms with E-state index in [1.807, 2.05) is 0 Å². The molecule has 1 heterocycles. The number of aromatic nitrogens is 1. The van der Waals surface area contributed by atoms with Crippen LogP contribution < -0.4 is 5.32 Å². The minimum absolute atomic E-state index is 0.320. The van der Waals surface area contributed by atoms with Crippen LogP contribution in [0.3, 0.4) is 0 Å². The molecule has 0 saturated heterocycles. The van der Waals surface area contributed by atoms with Gasteiger partial charge >= 0.3 is 6.18 Å². The molecule has 1 aromatic heterocycles. The number of pyridine rings is 1. The molecule has 1 fully saturated rings. The Bertz CT molecular complexity index is 824. The van der Waals surface area contributed by atoms with E-state index in [0.29, 0.717) is 28.9 Å². The van der Waals surface area contributed by atoms with Crippen molar-refractivity contribution >= 4 is 17.8 Å². The van der Waals surface area contributed by atoms with Crippen LogP contribution in [0.4, 0.5) is 24.7 Å². The molecule has 2 bridgehead atoms. The van der Waals surface area contributed by atoms with E-state index < -0.39 is 11.7 Å². The Morgan fingerprint density at radius 3 is 2.40 bits per heavy atom. The van der Waals surface area contributed by atoms with Crippen molar-refractivity contribution in [2.45, 2.75) is 43.7 Å². The zero-order valence-electron chi connectivity index (χ0n) is 13.4. The van der Waals surface area contributed by atoms with E-state index in [-0.39, 0.29) is 0 Å². The van der Waals surface area contributed by atoms with Crippen LogP contribution >= 0.6 is 0 Å². The molecule has 5 rings (SSSR count). The largest absolute Gasteiger partial charge is 0.416 e. The lowest BCUT2D eigenvalue weighted by atomic mass is 9.66. The molecule has 130 valence electrons. The van der Waals surface area contributed by atoms with Gasteiger partial charge in [0, 0.05) is 23.0 Å². The van der Waals surface area contributed by atoms with Gasteiger partial charge in [-0.3, -0.25) is 4.79 Å². The van der Waals surface area contributed by atoms with Gasteiger partial charge in [0.15, 0.2) is 6.29 Å². The smallest absolute Gasteiger partial charge is 0.340 e. The van der Waals surface area contributed by atoms with Crippen molar-refractivity contribution in [1.82, 2.24) is 4.98 Å². The molecular weight excluding hydrogens is 329 g/mol. The predicted molar refractivity (Wildman–Crippen MR) is 88.3 cm³/mol. The third kappa shape index (κ3) is 2.79. The van der Waals surface area contributed by atoms with E-state index in [9.17, 15) is 18.0 Å². The Labute approximate surface area is 143 Å². The predicted octanol–water partition coefficient (Wildman–Crippen LogP) is 5.41. The molecule has 1 N–H and O–H groups in total. The summed E-state index contributed by atoms with van der Waals surface area (Å²) < 4.78 is 38.8. The van der Waals surface area contributed by atoms with E-state index >= 15 is 0 Å². The van der Waals surface area contributed by atoms with Crippen LogP contribution in [0.2, 0.25) is 0 Å². The zero-order chi connectivity index (χ0) is 17.6. The highest BCUT2D eigenvalue weighted by molar-refractivity contribution is 5.80. The lowest BCUT2D eigenvalue weighted by Gasteiger charge is -2.39. The van der Waals surface area contributed by atoms with Gasteiger partial charge in [0.05, 0.1) is 5.56 Å². The first-order valence-corrected chi connectivity index (χ1v) is 8.39. The summed E-state index contributed by atoms with van der Waals surface area (Å²) in [5, 5.41) is 3.05. The third-order valence-electron chi connectivity index (χ3n) is 5.31. The van der Waals surface area contributed by atoms with E-state index in [1.165, 1.54) is 12.3 Å². The fraction of sp³-hybridized carbons (Fsp3) is 0.368. The van der Waals surface area contributed by atoms with Crippen LogP contribution in [0.25, 0.3) is 0 Å². The molecule has 1 aromatic carbocycles. The molecule has 3 aliphatic rings. The standard InChI is InChI=1S/C19H17F3N2O/c20-19(21,22)14-2-1-3-15(8-14)24-18-17-12-6-4-11(5-7-12)16(17)13(10-25)9-23-18/h1-3,8-12H,4-7H2,(H,23,24). The van der Waals surface area contributed by atoms with Gasteiger partial charge in [0.25, 0.3) is 0 Å². The molecule has 1 saturated carbocycles. The number of nitrogens with one attached hydrogen (secondary N) is 1. The van der Waals surface area contributed by atoms with E-state index in [1.54, 1.807) is 6.07 Å². The lowest BCUT2D eigenvalue weighted by molar-refractivity contribution is -0.137. The van der Waals surface area contributed by atoms with Crippen molar-refractivity contribution in [3.05, 3.63) is 52.7 Å². The summed E-state index contributed by atoms with van der Waals surface area (Å²) in [5.41, 5.74) is 2.33.